The lowest BCUT2D eigenvalue weighted by Crippen LogP contribution is -2.33. The minimum atomic E-state index is -3.44. The van der Waals surface area contributed by atoms with E-state index in [0.29, 0.717) is 12.1 Å². The molecule has 0 spiro atoms. The van der Waals surface area contributed by atoms with E-state index in [4.69, 9.17) is 0 Å². The van der Waals surface area contributed by atoms with E-state index in [1.807, 2.05) is 39.0 Å². The van der Waals surface area contributed by atoms with Crippen molar-refractivity contribution in [3.05, 3.63) is 64.7 Å². The second kappa shape index (κ2) is 9.86. The molecule has 0 aliphatic rings. The highest BCUT2D eigenvalue weighted by atomic mass is 32.2. The van der Waals surface area contributed by atoms with Gasteiger partial charge in [-0.25, -0.2) is 8.42 Å². The topological polar surface area (TPSA) is 66.5 Å². The Bertz CT molecular complexity index is 1010. The number of amides is 1. The molecule has 0 heterocycles. The summed E-state index contributed by atoms with van der Waals surface area (Å²) in [6.07, 6.45) is 1.92. The zero-order chi connectivity index (χ0) is 23.4. The van der Waals surface area contributed by atoms with E-state index in [9.17, 15) is 13.2 Å². The number of aryl methyl sites for hydroxylation is 1. The lowest BCUT2D eigenvalue weighted by Gasteiger charge is -2.25. The fourth-order valence-corrected chi connectivity index (χ4v) is 4.54. The lowest BCUT2D eigenvalue weighted by atomic mass is 9.86. The van der Waals surface area contributed by atoms with Crippen LogP contribution in [-0.2, 0) is 20.2 Å². The zero-order valence-corrected chi connectivity index (χ0v) is 20.6. The number of nitrogens with zero attached hydrogens (tertiary/aromatic N) is 1. The van der Waals surface area contributed by atoms with E-state index in [1.54, 1.807) is 0 Å². The van der Waals surface area contributed by atoms with Crippen LogP contribution in [0.5, 0.6) is 0 Å². The first-order valence-corrected chi connectivity index (χ1v) is 12.6. The third-order valence-electron chi connectivity index (χ3n) is 5.66. The number of nitrogens with one attached hydrogen (secondary N) is 1. The smallest absolute Gasteiger partial charge is 0.232 e. The molecule has 0 aliphatic carbocycles. The number of rotatable bonds is 8. The van der Waals surface area contributed by atoms with Gasteiger partial charge >= 0.3 is 0 Å². The Balaban J connectivity index is 1.97. The third-order valence-corrected chi connectivity index (χ3v) is 6.84. The Kier molecular flexibility index (Phi) is 7.93. The maximum Gasteiger partial charge on any atom is 0.232 e. The zero-order valence-electron chi connectivity index (χ0n) is 19.8. The van der Waals surface area contributed by atoms with Gasteiger partial charge in [0.1, 0.15) is 0 Å². The van der Waals surface area contributed by atoms with Gasteiger partial charge in [0.2, 0.25) is 15.9 Å². The van der Waals surface area contributed by atoms with Gasteiger partial charge in [-0.1, -0.05) is 57.2 Å². The minimum Gasteiger partial charge on any atom is -0.350 e. The predicted octanol–water partition coefficient (Wildman–Crippen LogP) is 5.02. The van der Waals surface area contributed by atoms with Gasteiger partial charge in [0.05, 0.1) is 18.0 Å². The van der Waals surface area contributed by atoms with E-state index in [2.05, 4.69) is 50.4 Å². The molecule has 0 saturated heterocycles. The van der Waals surface area contributed by atoms with Gasteiger partial charge in [0.15, 0.2) is 0 Å². The number of hydrogen-bond donors (Lipinski definition) is 1. The largest absolute Gasteiger partial charge is 0.350 e. The van der Waals surface area contributed by atoms with Crippen molar-refractivity contribution in [2.75, 3.05) is 17.1 Å². The van der Waals surface area contributed by atoms with Crippen LogP contribution in [0.4, 0.5) is 5.69 Å². The molecule has 170 valence electrons. The molecule has 0 unspecified atom stereocenters. The molecule has 5 nitrogen and oxygen atoms in total. The highest BCUT2D eigenvalue weighted by molar-refractivity contribution is 7.92. The average Bonchev–Trinajstić information content (AvgIpc) is 2.66. The van der Waals surface area contributed by atoms with Crippen molar-refractivity contribution in [3.8, 4) is 0 Å². The molecule has 0 saturated carbocycles. The fraction of sp³-hybridized carbons (Fsp3) is 0.480. The van der Waals surface area contributed by atoms with Crippen molar-refractivity contribution in [2.24, 2.45) is 0 Å². The van der Waals surface area contributed by atoms with Crippen molar-refractivity contribution in [1.29, 1.82) is 0 Å². The number of hydrogen-bond acceptors (Lipinski definition) is 3. The second-order valence-corrected chi connectivity index (χ2v) is 11.2. The first-order chi connectivity index (χ1) is 14.3. The van der Waals surface area contributed by atoms with E-state index < -0.39 is 10.0 Å². The van der Waals surface area contributed by atoms with Crippen molar-refractivity contribution < 1.29 is 13.2 Å². The van der Waals surface area contributed by atoms with Crippen LogP contribution < -0.4 is 9.62 Å². The fourth-order valence-electron chi connectivity index (χ4n) is 3.52. The number of sulfonamides is 1. The lowest BCUT2D eigenvalue weighted by molar-refractivity contribution is -0.121. The maximum absolute atomic E-state index is 12.5. The summed E-state index contributed by atoms with van der Waals surface area (Å²) in [6, 6.07) is 13.8. The molecule has 2 rings (SSSR count). The monoisotopic (exact) mass is 444 g/mol. The van der Waals surface area contributed by atoms with Crippen LogP contribution in [0.1, 0.15) is 68.8 Å². The van der Waals surface area contributed by atoms with Crippen LogP contribution in [0.25, 0.3) is 0 Å². The Hall–Kier alpha value is -2.34. The summed E-state index contributed by atoms with van der Waals surface area (Å²) in [7, 11) is -3.44. The number of benzene rings is 2. The number of carbonyl (C=O) groups excluding carboxylic acids is 1. The molecule has 1 atom stereocenters. The molecule has 31 heavy (non-hydrogen) atoms. The van der Waals surface area contributed by atoms with Crippen LogP contribution in [0.3, 0.4) is 0 Å². The summed E-state index contributed by atoms with van der Waals surface area (Å²) in [6.45, 7) is 12.6. The Morgan fingerprint density at radius 1 is 1.06 bits per heavy atom. The summed E-state index contributed by atoms with van der Waals surface area (Å²) in [5.41, 5.74) is 5.04. The molecule has 1 amide bonds. The van der Waals surface area contributed by atoms with Crippen molar-refractivity contribution >= 4 is 21.6 Å². The molecule has 0 aliphatic heterocycles. The summed E-state index contributed by atoms with van der Waals surface area (Å²) in [4.78, 5) is 12.5. The van der Waals surface area contributed by atoms with E-state index in [1.165, 1.54) is 16.1 Å². The summed E-state index contributed by atoms with van der Waals surface area (Å²) < 4.78 is 26.1. The Morgan fingerprint density at radius 3 is 2.23 bits per heavy atom. The van der Waals surface area contributed by atoms with Crippen LogP contribution in [0, 0.1) is 13.8 Å². The van der Waals surface area contributed by atoms with E-state index in [-0.39, 0.29) is 30.3 Å². The van der Waals surface area contributed by atoms with Crippen molar-refractivity contribution in [3.63, 3.8) is 0 Å². The van der Waals surface area contributed by atoms with Gasteiger partial charge in [0.25, 0.3) is 0 Å². The average molecular weight is 445 g/mol. The first kappa shape index (κ1) is 24.9. The van der Waals surface area contributed by atoms with Crippen LogP contribution in [-0.4, -0.2) is 27.1 Å². The number of carbonyl (C=O) groups is 1. The van der Waals surface area contributed by atoms with Crippen LogP contribution in [0.15, 0.2) is 42.5 Å². The molecule has 2 aromatic rings. The Labute approximate surface area is 187 Å². The highest BCUT2D eigenvalue weighted by Crippen LogP contribution is 2.26. The van der Waals surface area contributed by atoms with Gasteiger partial charge in [-0.3, -0.25) is 9.10 Å². The quantitative estimate of drug-likeness (QED) is 0.621. The van der Waals surface area contributed by atoms with E-state index >= 15 is 0 Å². The molecule has 0 bridgehead atoms. The summed E-state index contributed by atoms with van der Waals surface area (Å²) in [5.74, 6) is -0.0817. The standard InChI is InChI=1S/C25H36N2O3S/c1-18-10-8-11-23(19(18)2)27(31(7,29)30)17-9-12-24(28)26-20(3)21-13-15-22(16-14-21)25(4,5)6/h8,10-11,13-16,20H,9,12,17H2,1-7H3,(H,26,28)/t20-/m1/s1. The second-order valence-electron chi connectivity index (χ2n) is 9.32. The molecular weight excluding hydrogens is 408 g/mol. The normalized spacial score (nSPS) is 13.0. The van der Waals surface area contributed by atoms with Crippen LogP contribution >= 0.6 is 0 Å². The maximum atomic E-state index is 12.5. The van der Waals surface area contributed by atoms with E-state index in [0.717, 1.165) is 16.7 Å². The van der Waals surface area contributed by atoms with Crippen LogP contribution in [0.2, 0.25) is 0 Å². The third kappa shape index (κ3) is 6.82. The molecular formula is C25H36N2O3S. The van der Waals surface area contributed by atoms with Gasteiger partial charge in [-0.15, -0.1) is 0 Å². The SMILES string of the molecule is Cc1cccc(N(CCCC(=O)N[C@H](C)c2ccc(C(C)(C)C)cc2)S(C)(=O)=O)c1C. The first-order valence-electron chi connectivity index (χ1n) is 10.7. The van der Waals surface area contributed by atoms with Crippen molar-refractivity contribution in [1.82, 2.24) is 5.32 Å². The van der Waals surface area contributed by atoms with Gasteiger partial charge in [-0.05, 0) is 60.9 Å². The Morgan fingerprint density at radius 2 is 1.68 bits per heavy atom. The molecule has 2 aromatic carbocycles. The van der Waals surface area contributed by atoms with Gasteiger partial charge < -0.3 is 5.32 Å². The molecule has 0 fully saturated rings. The molecule has 0 aromatic heterocycles. The van der Waals surface area contributed by atoms with Gasteiger partial charge in [-0.2, -0.15) is 0 Å². The molecule has 6 heteroatoms. The predicted molar refractivity (Wildman–Crippen MR) is 129 cm³/mol. The van der Waals surface area contributed by atoms with Crippen molar-refractivity contribution in [2.45, 2.75) is 65.8 Å². The highest BCUT2D eigenvalue weighted by Gasteiger charge is 2.20. The molecule has 0 radical (unpaired) electrons. The number of anilines is 1. The minimum absolute atomic E-state index is 0.0817. The summed E-state index contributed by atoms with van der Waals surface area (Å²) in [5, 5.41) is 3.02. The summed E-state index contributed by atoms with van der Waals surface area (Å²) >= 11 is 0. The van der Waals surface area contributed by atoms with Gasteiger partial charge in [0, 0.05) is 13.0 Å². The molecule has 1 N–H and O–H groups in total.